The second kappa shape index (κ2) is 11.1. The Kier molecular flexibility index (Phi) is 7.50. The zero-order valence-electron chi connectivity index (χ0n) is 21.0. The van der Waals surface area contributed by atoms with Crippen LogP contribution in [-0.2, 0) is 6.18 Å². The molecule has 0 unspecified atom stereocenters. The van der Waals surface area contributed by atoms with Crippen LogP contribution >= 0.6 is 0 Å². The van der Waals surface area contributed by atoms with E-state index in [9.17, 15) is 13.2 Å². The van der Waals surface area contributed by atoms with Gasteiger partial charge in [0.1, 0.15) is 0 Å². The molecule has 1 heterocycles. The zero-order chi connectivity index (χ0) is 26.5. The molecule has 5 rings (SSSR count). The van der Waals surface area contributed by atoms with Crippen LogP contribution in [0.4, 0.5) is 13.2 Å². The third-order valence-corrected chi connectivity index (χ3v) is 6.83. The van der Waals surface area contributed by atoms with E-state index in [0.29, 0.717) is 5.75 Å². The first-order valence-electron chi connectivity index (χ1n) is 12.7. The minimum Gasteiger partial charge on any atom is -0.493 e. The molecular formula is C32H28F3NO2. The molecule has 3 aromatic carbocycles. The van der Waals surface area contributed by atoms with E-state index in [-0.39, 0.29) is 6.10 Å². The number of halogens is 3. The fourth-order valence-corrected chi connectivity index (χ4v) is 4.78. The van der Waals surface area contributed by atoms with Crippen LogP contribution in [0.15, 0.2) is 91.3 Å². The second-order valence-corrected chi connectivity index (χ2v) is 9.38. The molecule has 0 atom stereocenters. The molecule has 0 bridgehead atoms. The highest BCUT2D eigenvalue weighted by Gasteiger charge is 2.30. The number of pyridine rings is 1. The molecule has 0 aliphatic heterocycles. The lowest BCUT2D eigenvalue weighted by molar-refractivity contribution is -0.137. The number of nitrogens with zero attached hydrogens (tertiary/aromatic N) is 1. The van der Waals surface area contributed by atoms with Crippen molar-refractivity contribution in [2.75, 3.05) is 7.11 Å². The molecule has 6 heteroatoms. The Labute approximate surface area is 220 Å². The summed E-state index contributed by atoms with van der Waals surface area (Å²) >= 11 is 0. The van der Waals surface area contributed by atoms with Crippen molar-refractivity contribution in [3.63, 3.8) is 0 Å². The average Bonchev–Trinajstić information content (AvgIpc) is 3.45. The van der Waals surface area contributed by atoms with Crippen LogP contribution in [0.2, 0.25) is 0 Å². The van der Waals surface area contributed by atoms with E-state index in [0.717, 1.165) is 64.1 Å². The number of hydrogen-bond acceptors (Lipinski definition) is 3. The van der Waals surface area contributed by atoms with Gasteiger partial charge in [-0.25, -0.2) is 0 Å². The van der Waals surface area contributed by atoms with Crippen LogP contribution < -0.4 is 9.47 Å². The van der Waals surface area contributed by atoms with Crippen molar-refractivity contribution in [3.8, 4) is 22.6 Å². The van der Waals surface area contributed by atoms with E-state index >= 15 is 0 Å². The number of benzene rings is 3. The van der Waals surface area contributed by atoms with Crippen LogP contribution in [0.3, 0.4) is 0 Å². The van der Waals surface area contributed by atoms with Crippen molar-refractivity contribution < 1.29 is 22.6 Å². The maximum atomic E-state index is 13.0. The van der Waals surface area contributed by atoms with Gasteiger partial charge in [0, 0.05) is 12.4 Å². The molecule has 0 radical (unpaired) electrons. The van der Waals surface area contributed by atoms with Crippen molar-refractivity contribution in [1.29, 1.82) is 0 Å². The number of alkyl halides is 3. The largest absolute Gasteiger partial charge is 0.493 e. The molecule has 1 saturated carbocycles. The molecule has 0 saturated heterocycles. The van der Waals surface area contributed by atoms with E-state index < -0.39 is 11.7 Å². The summed E-state index contributed by atoms with van der Waals surface area (Å²) in [6, 6.07) is 22.9. The fraction of sp³-hybridized carbons (Fsp3) is 0.219. The highest BCUT2D eigenvalue weighted by molar-refractivity contribution is 5.92. The smallest absolute Gasteiger partial charge is 0.416 e. The van der Waals surface area contributed by atoms with Crippen LogP contribution in [0.1, 0.15) is 47.9 Å². The van der Waals surface area contributed by atoms with Crippen LogP contribution in [0.25, 0.3) is 22.8 Å². The van der Waals surface area contributed by atoms with E-state index in [4.69, 9.17) is 9.47 Å². The first-order chi connectivity index (χ1) is 18.4. The van der Waals surface area contributed by atoms with Gasteiger partial charge < -0.3 is 9.47 Å². The predicted molar refractivity (Wildman–Crippen MR) is 144 cm³/mol. The van der Waals surface area contributed by atoms with Crippen molar-refractivity contribution in [2.45, 2.75) is 38.0 Å². The SMILES string of the molecule is COc1ccc(/C(=C\c2ccncc2)c2ccc(-c3ccc(C(F)(F)F)cc3)cc2)cc1OC1CCCC1. The topological polar surface area (TPSA) is 31.4 Å². The van der Waals surface area contributed by atoms with Gasteiger partial charge >= 0.3 is 6.18 Å². The summed E-state index contributed by atoms with van der Waals surface area (Å²) in [5, 5.41) is 0. The molecule has 38 heavy (non-hydrogen) atoms. The van der Waals surface area contributed by atoms with Crippen LogP contribution in [0, 0.1) is 0 Å². The Hall–Kier alpha value is -4.06. The lowest BCUT2D eigenvalue weighted by Crippen LogP contribution is -2.11. The molecule has 4 aromatic rings. The minimum absolute atomic E-state index is 0.190. The van der Waals surface area contributed by atoms with Crippen molar-refractivity contribution in [3.05, 3.63) is 114 Å². The van der Waals surface area contributed by atoms with E-state index in [2.05, 4.69) is 11.1 Å². The van der Waals surface area contributed by atoms with E-state index in [1.54, 1.807) is 19.5 Å². The molecule has 0 spiro atoms. The normalized spacial score (nSPS) is 14.5. The van der Waals surface area contributed by atoms with Gasteiger partial charge in [0.05, 0.1) is 18.8 Å². The average molecular weight is 516 g/mol. The standard InChI is InChI=1S/C32H28F3NO2/c1-37-30-15-12-26(21-31(30)38-28-4-2-3-5-28)29(20-22-16-18-36-19-17-22)25-8-6-23(7-9-25)24-10-13-27(14-11-24)32(33,34)35/h6-21,28H,2-5H2,1H3/b29-20-. The van der Waals surface area contributed by atoms with Gasteiger partial charge in [0.15, 0.2) is 11.5 Å². The Morgan fingerprint density at radius 2 is 1.39 bits per heavy atom. The van der Waals surface area contributed by atoms with Crippen molar-refractivity contribution >= 4 is 11.6 Å². The third kappa shape index (κ3) is 5.91. The maximum absolute atomic E-state index is 13.0. The van der Waals surface area contributed by atoms with Gasteiger partial charge in [-0.1, -0.05) is 42.5 Å². The van der Waals surface area contributed by atoms with Gasteiger partial charge in [-0.15, -0.1) is 0 Å². The first kappa shape index (κ1) is 25.6. The van der Waals surface area contributed by atoms with Gasteiger partial charge in [0.25, 0.3) is 0 Å². The van der Waals surface area contributed by atoms with Gasteiger partial charge in [0.2, 0.25) is 0 Å². The molecule has 0 N–H and O–H groups in total. The number of rotatable bonds is 7. The molecule has 1 aliphatic carbocycles. The Morgan fingerprint density at radius 3 is 2.00 bits per heavy atom. The summed E-state index contributed by atoms with van der Waals surface area (Å²) in [6.45, 7) is 0. The zero-order valence-corrected chi connectivity index (χ0v) is 21.0. The molecule has 1 fully saturated rings. The quantitative estimate of drug-likeness (QED) is 0.247. The first-order valence-corrected chi connectivity index (χ1v) is 12.7. The van der Waals surface area contributed by atoms with Crippen LogP contribution in [0.5, 0.6) is 11.5 Å². The summed E-state index contributed by atoms with van der Waals surface area (Å²) in [6.07, 6.45) is 5.85. The Balaban J connectivity index is 1.51. The van der Waals surface area contributed by atoms with Gasteiger partial charge in [-0.05, 0) is 102 Å². The summed E-state index contributed by atoms with van der Waals surface area (Å²) in [5.74, 6) is 1.42. The van der Waals surface area contributed by atoms with Crippen molar-refractivity contribution in [2.24, 2.45) is 0 Å². The lowest BCUT2D eigenvalue weighted by atomic mass is 9.93. The summed E-state index contributed by atoms with van der Waals surface area (Å²) < 4.78 is 50.8. The Bertz CT molecular complexity index is 1390. The van der Waals surface area contributed by atoms with Gasteiger partial charge in [-0.3, -0.25) is 4.98 Å². The molecule has 3 nitrogen and oxygen atoms in total. The predicted octanol–water partition coefficient (Wildman–Crippen LogP) is 8.69. The monoisotopic (exact) mass is 515 g/mol. The molecule has 194 valence electrons. The lowest BCUT2D eigenvalue weighted by Gasteiger charge is -2.18. The minimum atomic E-state index is -4.35. The number of methoxy groups -OCH3 is 1. The Morgan fingerprint density at radius 1 is 0.789 bits per heavy atom. The van der Waals surface area contributed by atoms with E-state index in [1.807, 2.05) is 54.6 Å². The van der Waals surface area contributed by atoms with E-state index in [1.165, 1.54) is 25.0 Å². The molecular weight excluding hydrogens is 487 g/mol. The number of aromatic nitrogens is 1. The highest BCUT2D eigenvalue weighted by atomic mass is 19.4. The second-order valence-electron chi connectivity index (χ2n) is 9.38. The number of hydrogen-bond donors (Lipinski definition) is 0. The maximum Gasteiger partial charge on any atom is 0.416 e. The molecule has 1 aromatic heterocycles. The summed E-state index contributed by atoms with van der Waals surface area (Å²) in [4.78, 5) is 4.12. The molecule has 1 aliphatic rings. The molecule has 0 amide bonds. The van der Waals surface area contributed by atoms with Crippen molar-refractivity contribution in [1.82, 2.24) is 4.98 Å². The van der Waals surface area contributed by atoms with Crippen LogP contribution in [-0.4, -0.2) is 18.2 Å². The fourth-order valence-electron chi connectivity index (χ4n) is 4.78. The number of ether oxygens (including phenoxy) is 2. The van der Waals surface area contributed by atoms with Gasteiger partial charge in [-0.2, -0.15) is 13.2 Å². The summed E-state index contributed by atoms with van der Waals surface area (Å²) in [7, 11) is 1.64. The summed E-state index contributed by atoms with van der Waals surface area (Å²) in [5.41, 5.74) is 4.82. The highest BCUT2D eigenvalue weighted by Crippen LogP contribution is 2.37. The third-order valence-electron chi connectivity index (χ3n) is 6.83.